The highest BCUT2D eigenvalue weighted by molar-refractivity contribution is 6.21. The quantitative estimate of drug-likeness (QED) is 0.186. The minimum atomic E-state index is -1.01. The topological polar surface area (TPSA) is 129 Å². The predicted molar refractivity (Wildman–Crippen MR) is 159 cm³/mol. The first-order valence-electron chi connectivity index (χ1n) is 14.2. The van der Waals surface area contributed by atoms with Crippen molar-refractivity contribution in [2.24, 2.45) is 5.41 Å². The number of carbonyl (C=O) groups is 5. The molecule has 1 unspecified atom stereocenters. The number of anilines is 2. The van der Waals surface area contributed by atoms with Crippen LogP contribution in [0.25, 0.3) is 0 Å². The summed E-state index contributed by atoms with van der Waals surface area (Å²) in [5, 5.41) is 0. The molecule has 1 fully saturated rings. The maximum atomic E-state index is 13.9. The molecule has 43 heavy (non-hydrogen) atoms. The molecule has 0 aromatic heterocycles. The van der Waals surface area contributed by atoms with E-state index in [1.165, 1.54) is 37.1 Å². The molecular formula is C32H40N2O9. The summed E-state index contributed by atoms with van der Waals surface area (Å²) in [6.07, 6.45) is 0.176. The van der Waals surface area contributed by atoms with Gasteiger partial charge in [0.25, 0.3) is 0 Å². The standard InChI is InChI=1S/C32H40N2O9/c1-7-41-31(39)34(30(38)32(3,4)5)24-11-10-12-27(43-28-13-8-9-18-42-28)29(24)26(37)19-25(36)22-14-16-23(17-15-22)33(20-40-6)21(2)35/h10-12,14-17,28H,7-9,13,18-20H2,1-6H3. The van der Waals surface area contributed by atoms with Crippen LogP contribution in [0.5, 0.6) is 5.75 Å². The van der Waals surface area contributed by atoms with Gasteiger partial charge < -0.3 is 18.9 Å². The molecule has 3 rings (SSSR count). The van der Waals surface area contributed by atoms with Gasteiger partial charge in [0.1, 0.15) is 12.5 Å². The summed E-state index contributed by atoms with van der Waals surface area (Å²) in [7, 11) is 1.47. The van der Waals surface area contributed by atoms with E-state index in [1.807, 2.05) is 0 Å². The largest absolute Gasteiger partial charge is 0.464 e. The molecule has 1 heterocycles. The molecule has 1 aliphatic heterocycles. The summed E-state index contributed by atoms with van der Waals surface area (Å²) in [5.41, 5.74) is -0.394. The second kappa shape index (κ2) is 14.9. The highest BCUT2D eigenvalue weighted by atomic mass is 16.7. The van der Waals surface area contributed by atoms with Crippen LogP contribution in [0.1, 0.15) is 81.0 Å². The second-order valence-electron chi connectivity index (χ2n) is 11.1. The molecular weight excluding hydrogens is 556 g/mol. The minimum absolute atomic E-state index is 0.00204. The van der Waals surface area contributed by atoms with Crippen LogP contribution >= 0.6 is 0 Å². The maximum Gasteiger partial charge on any atom is 0.421 e. The summed E-state index contributed by atoms with van der Waals surface area (Å²) < 4.78 is 22.1. The first-order chi connectivity index (χ1) is 20.4. The molecule has 3 amide bonds. The molecule has 1 saturated heterocycles. The van der Waals surface area contributed by atoms with Gasteiger partial charge >= 0.3 is 6.09 Å². The summed E-state index contributed by atoms with van der Waals surface area (Å²) >= 11 is 0. The van der Waals surface area contributed by atoms with Crippen LogP contribution < -0.4 is 14.5 Å². The van der Waals surface area contributed by atoms with E-state index in [0.29, 0.717) is 18.7 Å². The van der Waals surface area contributed by atoms with E-state index in [-0.39, 0.29) is 41.8 Å². The van der Waals surface area contributed by atoms with Crippen molar-refractivity contribution in [1.82, 2.24) is 0 Å². The van der Waals surface area contributed by atoms with E-state index >= 15 is 0 Å². The van der Waals surface area contributed by atoms with Gasteiger partial charge in [-0.2, -0.15) is 0 Å². The normalized spacial score (nSPS) is 14.9. The number of ketones is 2. The summed E-state index contributed by atoms with van der Waals surface area (Å²) in [6.45, 7) is 8.47. The predicted octanol–water partition coefficient (Wildman–Crippen LogP) is 5.54. The van der Waals surface area contributed by atoms with Crippen molar-refractivity contribution >= 4 is 40.8 Å². The fourth-order valence-corrected chi connectivity index (χ4v) is 4.48. The summed E-state index contributed by atoms with van der Waals surface area (Å²) in [5.74, 6) is -1.91. The van der Waals surface area contributed by atoms with Gasteiger partial charge in [0.2, 0.25) is 11.8 Å². The number of amides is 3. The zero-order chi connectivity index (χ0) is 31.7. The Morgan fingerprint density at radius 3 is 2.23 bits per heavy atom. The molecule has 2 aromatic rings. The van der Waals surface area contributed by atoms with Gasteiger partial charge in [0.15, 0.2) is 17.9 Å². The van der Waals surface area contributed by atoms with Crippen molar-refractivity contribution in [3.05, 3.63) is 53.6 Å². The first-order valence-corrected chi connectivity index (χ1v) is 14.2. The van der Waals surface area contributed by atoms with Gasteiger partial charge in [-0.05, 0) is 56.2 Å². The molecule has 232 valence electrons. The molecule has 0 radical (unpaired) electrons. The molecule has 1 aliphatic rings. The number of rotatable bonds is 11. The van der Waals surface area contributed by atoms with Crippen molar-refractivity contribution in [1.29, 1.82) is 0 Å². The number of hydrogen-bond acceptors (Lipinski definition) is 9. The van der Waals surface area contributed by atoms with Crippen LogP contribution in [-0.2, 0) is 23.8 Å². The Labute approximate surface area is 252 Å². The van der Waals surface area contributed by atoms with Gasteiger partial charge in [-0.1, -0.05) is 26.8 Å². The Balaban J connectivity index is 2.03. The monoisotopic (exact) mass is 596 g/mol. The zero-order valence-corrected chi connectivity index (χ0v) is 25.6. The van der Waals surface area contributed by atoms with Crippen LogP contribution in [0.4, 0.5) is 16.2 Å². The van der Waals surface area contributed by atoms with Gasteiger partial charge in [0, 0.05) is 37.1 Å². The number of methoxy groups -OCH3 is 1. The van der Waals surface area contributed by atoms with Crippen LogP contribution in [0.2, 0.25) is 0 Å². The lowest BCUT2D eigenvalue weighted by molar-refractivity contribution is -0.125. The number of imide groups is 1. The maximum absolute atomic E-state index is 13.9. The third-order valence-electron chi connectivity index (χ3n) is 6.68. The molecule has 0 bridgehead atoms. The van der Waals surface area contributed by atoms with E-state index in [2.05, 4.69) is 0 Å². The van der Waals surface area contributed by atoms with E-state index in [9.17, 15) is 24.0 Å². The van der Waals surface area contributed by atoms with Crippen LogP contribution in [-0.4, -0.2) is 62.8 Å². The number of benzene rings is 2. The fraction of sp³-hybridized carbons (Fsp3) is 0.469. The number of ether oxygens (including phenoxy) is 4. The molecule has 11 heteroatoms. The molecule has 2 aromatic carbocycles. The lowest BCUT2D eigenvalue weighted by Crippen LogP contribution is -2.45. The third kappa shape index (κ3) is 8.48. The Morgan fingerprint density at radius 2 is 1.67 bits per heavy atom. The Kier molecular flexibility index (Phi) is 11.6. The van der Waals surface area contributed by atoms with Crippen molar-refractivity contribution in [3.63, 3.8) is 0 Å². The lowest BCUT2D eigenvalue weighted by Gasteiger charge is -2.30. The SMILES string of the molecule is CCOC(=O)N(C(=O)C(C)(C)C)c1cccc(OC2CCCCO2)c1C(=O)CC(=O)c1ccc(N(COC)C(C)=O)cc1. The number of hydrogen-bond donors (Lipinski definition) is 0. The smallest absolute Gasteiger partial charge is 0.421 e. The van der Waals surface area contributed by atoms with Gasteiger partial charge in [-0.3, -0.25) is 24.1 Å². The average Bonchev–Trinajstić information content (AvgIpc) is 2.96. The minimum Gasteiger partial charge on any atom is -0.464 e. The highest BCUT2D eigenvalue weighted by Crippen LogP contribution is 2.35. The van der Waals surface area contributed by atoms with Crippen LogP contribution in [0.15, 0.2) is 42.5 Å². The third-order valence-corrected chi connectivity index (χ3v) is 6.68. The Hall–Kier alpha value is -4.09. The van der Waals surface area contributed by atoms with Crippen molar-refractivity contribution in [2.45, 2.75) is 66.6 Å². The number of Topliss-reactive ketones (excluding diaryl/α,β-unsaturated/α-hetero) is 2. The lowest BCUT2D eigenvalue weighted by atomic mass is 9.93. The fourth-order valence-electron chi connectivity index (χ4n) is 4.48. The molecule has 0 N–H and O–H groups in total. The van der Waals surface area contributed by atoms with Crippen LogP contribution in [0, 0.1) is 5.41 Å². The number of carbonyl (C=O) groups excluding carboxylic acids is 5. The average molecular weight is 597 g/mol. The first kappa shape index (κ1) is 33.4. The molecule has 0 saturated carbocycles. The van der Waals surface area contributed by atoms with Gasteiger partial charge in [0.05, 0.1) is 30.9 Å². The van der Waals surface area contributed by atoms with Crippen molar-refractivity contribution < 1.29 is 42.9 Å². The van der Waals surface area contributed by atoms with Gasteiger partial charge in [-0.15, -0.1) is 0 Å². The highest BCUT2D eigenvalue weighted by Gasteiger charge is 2.37. The van der Waals surface area contributed by atoms with E-state index < -0.39 is 41.7 Å². The summed E-state index contributed by atoms with van der Waals surface area (Å²) in [6, 6.07) is 10.8. The van der Waals surface area contributed by atoms with E-state index in [0.717, 1.165) is 17.7 Å². The van der Waals surface area contributed by atoms with E-state index in [4.69, 9.17) is 18.9 Å². The van der Waals surface area contributed by atoms with Crippen LogP contribution in [0.3, 0.4) is 0 Å². The Morgan fingerprint density at radius 1 is 0.977 bits per heavy atom. The molecule has 0 aliphatic carbocycles. The summed E-state index contributed by atoms with van der Waals surface area (Å²) in [4.78, 5) is 68.1. The molecule has 0 spiro atoms. The van der Waals surface area contributed by atoms with Crippen molar-refractivity contribution in [3.8, 4) is 5.75 Å². The number of nitrogens with zero attached hydrogens (tertiary/aromatic N) is 2. The molecule has 1 atom stereocenters. The Bertz CT molecular complexity index is 1330. The van der Waals surface area contributed by atoms with E-state index in [1.54, 1.807) is 52.0 Å². The van der Waals surface area contributed by atoms with Gasteiger partial charge in [-0.25, -0.2) is 9.69 Å². The van der Waals surface area contributed by atoms with Crippen molar-refractivity contribution in [2.75, 3.05) is 36.9 Å². The molecule has 11 nitrogen and oxygen atoms in total. The zero-order valence-electron chi connectivity index (χ0n) is 25.6. The second-order valence-corrected chi connectivity index (χ2v) is 11.1.